The van der Waals surface area contributed by atoms with Crippen molar-refractivity contribution in [2.75, 3.05) is 12.0 Å². The summed E-state index contributed by atoms with van der Waals surface area (Å²) in [6.07, 6.45) is 0. The molecule has 0 aromatic heterocycles. The van der Waals surface area contributed by atoms with Gasteiger partial charge in [0.1, 0.15) is 0 Å². The predicted molar refractivity (Wildman–Crippen MR) is 40.3 cm³/mol. The van der Waals surface area contributed by atoms with Crippen molar-refractivity contribution in [1.82, 2.24) is 0 Å². The van der Waals surface area contributed by atoms with E-state index >= 15 is 0 Å². The van der Waals surface area contributed by atoms with Crippen LogP contribution in [0.2, 0.25) is 0 Å². The van der Waals surface area contributed by atoms with Crippen molar-refractivity contribution >= 4 is 5.69 Å². The zero-order chi connectivity index (χ0) is 7.84. The minimum absolute atomic E-state index is 0.287. The van der Waals surface area contributed by atoms with Gasteiger partial charge in [0, 0.05) is 0 Å². The number of rotatable bonds is 0. The number of anilines is 1. The van der Waals surface area contributed by atoms with Crippen molar-refractivity contribution in [2.24, 2.45) is 0 Å². The van der Waals surface area contributed by atoms with Gasteiger partial charge in [0.2, 0.25) is 0 Å². The molecule has 2 nitrogen and oxygen atoms in total. The highest BCUT2D eigenvalue weighted by Gasteiger charge is 2.15. The smallest absolute Gasteiger partial charge is 0.180 e. The number of fused-ring (bicyclic) bond motifs is 1. The van der Waals surface area contributed by atoms with E-state index < -0.39 is 0 Å². The van der Waals surface area contributed by atoms with Crippen LogP contribution in [0.25, 0.3) is 0 Å². The molecule has 0 saturated carbocycles. The van der Waals surface area contributed by atoms with Gasteiger partial charge in [0.25, 0.3) is 0 Å². The molecular formula is C8H8FNO. The van der Waals surface area contributed by atoms with Crippen molar-refractivity contribution < 1.29 is 9.13 Å². The molecule has 1 N–H and O–H groups in total. The summed E-state index contributed by atoms with van der Waals surface area (Å²) in [4.78, 5) is 0. The first-order valence-corrected chi connectivity index (χ1v) is 3.44. The quantitative estimate of drug-likeness (QED) is 0.614. The molecule has 0 spiro atoms. The normalized spacial score (nSPS) is 13.6. The van der Waals surface area contributed by atoms with E-state index in [4.69, 9.17) is 4.74 Å². The maximum atomic E-state index is 13.0. The van der Waals surface area contributed by atoms with Gasteiger partial charge in [-0.3, -0.25) is 0 Å². The van der Waals surface area contributed by atoms with Crippen molar-refractivity contribution in [3.05, 3.63) is 23.5 Å². The lowest BCUT2D eigenvalue weighted by atomic mass is 10.2. The molecule has 1 aromatic rings. The van der Waals surface area contributed by atoms with E-state index in [0.29, 0.717) is 12.5 Å². The number of hydrogen-bond acceptors (Lipinski definition) is 2. The molecule has 0 fully saturated rings. The number of ether oxygens (including phenoxy) is 1. The molecule has 58 valence electrons. The topological polar surface area (TPSA) is 21.3 Å². The fourth-order valence-electron chi connectivity index (χ4n) is 1.19. The van der Waals surface area contributed by atoms with Crippen LogP contribution in [0.3, 0.4) is 0 Å². The van der Waals surface area contributed by atoms with Gasteiger partial charge in [-0.25, -0.2) is 4.39 Å². The van der Waals surface area contributed by atoms with E-state index in [0.717, 1.165) is 11.3 Å². The Kier molecular flexibility index (Phi) is 1.24. The second-order valence-corrected chi connectivity index (χ2v) is 2.59. The second kappa shape index (κ2) is 2.12. The Labute approximate surface area is 64.0 Å². The molecule has 0 bridgehead atoms. The highest BCUT2D eigenvalue weighted by atomic mass is 19.1. The van der Waals surface area contributed by atoms with E-state index in [2.05, 4.69) is 5.32 Å². The number of aryl methyl sites for hydroxylation is 1. The first kappa shape index (κ1) is 6.46. The van der Waals surface area contributed by atoms with Gasteiger partial charge in [-0.1, -0.05) is 0 Å². The van der Waals surface area contributed by atoms with E-state index in [1.54, 1.807) is 0 Å². The van der Waals surface area contributed by atoms with Gasteiger partial charge in [-0.15, -0.1) is 0 Å². The third-order valence-corrected chi connectivity index (χ3v) is 1.67. The molecule has 1 heterocycles. The highest BCUT2D eigenvalue weighted by molar-refractivity contribution is 5.61. The molecule has 0 saturated heterocycles. The molecule has 1 aliphatic heterocycles. The zero-order valence-electron chi connectivity index (χ0n) is 6.15. The van der Waals surface area contributed by atoms with Gasteiger partial charge < -0.3 is 10.1 Å². The molecule has 11 heavy (non-hydrogen) atoms. The first-order valence-electron chi connectivity index (χ1n) is 3.44. The molecule has 0 atom stereocenters. The third kappa shape index (κ3) is 0.926. The Morgan fingerprint density at radius 3 is 3.18 bits per heavy atom. The van der Waals surface area contributed by atoms with Gasteiger partial charge in [0.15, 0.2) is 18.3 Å². The van der Waals surface area contributed by atoms with Crippen LogP contribution in [0.5, 0.6) is 5.75 Å². The summed E-state index contributed by atoms with van der Waals surface area (Å²) in [6.45, 7) is 2.22. The van der Waals surface area contributed by atoms with Crippen molar-refractivity contribution in [1.29, 1.82) is 0 Å². The zero-order valence-corrected chi connectivity index (χ0v) is 6.15. The summed E-state index contributed by atoms with van der Waals surface area (Å²) >= 11 is 0. The average Bonchev–Trinajstić information content (AvgIpc) is 2.34. The summed E-state index contributed by atoms with van der Waals surface area (Å²) in [5, 5.41) is 2.92. The molecule has 0 unspecified atom stereocenters. The van der Waals surface area contributed by atoms with Crippen molar-refractivity contribution in [3.63, 3.8) is 0 Å². The Hall–Kier alpha value is -1.25. The summed E-state index contributed by atoms with van der Waals surface area (Å²) < 4.78 is 18.0. The SMILES string of the molecule is Cc1cc(F)c2c(c1)NCO2. The van der Waals surface area contributed by atoms with E-state index in [1.807, 2.05) is 13.0 Å². The van der Waals surface area contributed by atoms with Crippen LogP contribution in [0.1, 0.15) is 5.56 Å². The predicted octanol–water partition coefficient (Wildman–Crippen LogP) is 1.90. The molecule has 0 amide bonds. The van der Waals surface area contributed by atoms with Crippen LogP contribution in [0.4, 0.5) is 10.1 Å². The highest BCUT2D eigenvalue weighted by Crippen LogP contribution is 2.32. The van der Waals surface area contributed by atoms with E-state index in [1.165, 1.54) is 6.07 Å². The maximum Gasteiger partial charge on any atom is 0.180 e. The van der Waals surface area contributed by atoms with Crippen LogP contribution < -0.4 is 10.1 Å². The molecule has 2 rings (SSSR count). The average molecular weight is 153 g/mol. The fraction of sp³-hybridized carbons (Fsp3) is 0.250. The number of nitrogens with one attached hydrogen (secondary N) is 1. The molecule has 0 aliphatic carbocycles. The molecule has 3 heteroatoms. The lowest BCUT2D eigenvalue weighted by Gasteiger charge is -1.99. The monoisotopic (exact) mass is 153 g/mol. The van der Waals surface area contributed by atoms with Gasteiger partial charge in [0.05, 0.1) is 5.69 Å². The van der Waals surface area contributed by atoms with Crippen LogP contribution in [-0.2, 0) is 0 Å². The molecule has 1 aliphatic rings. The summed E-state index contributed by atoms with van der Waals surface area (Å²) in [5.74, 6) is 0.0561. The van der Waals surface area contributed by atoms with Crippen molar-refractivity contribution in [3.8, 4) is 5.75 Å². The van der Waals surface area contributed by atoms with Gasteiger partial charge in [-0.2, -0.15) is 0 Å². The fourth-order valence-corrected chi connectivity index (χ4v) is 1.19. The Balaban J connectivity index is 2.60. The third-order valence-electron chi connectivity index (χ3n) is 1.67. The summed E-state index contributed by atoms with van der Waals surface area (Å²) in [5.41, 5.74) is 1.65. The second-order valence-electron chi connectivity index (χ2n) is 2.59. The lowest BCUT2D eigenvalue weighted by Crippen LogP contribution is -1.96. The van der Waals surface area contributed by atoms with Crippen LogP contribution >= 0.6 is 0 Å². The molecule has 0 radical (unpaired) electrons. The summed E-state index contributed by atoms with van der Waals surface area (Å²) in [6, 6.07) is 3.33. The van der Waals surface area contributed by atoms with E-state index in [-0.39, 0.29) is 5.82 Å². The molecule has 1 aromatic carbocycles. The maximum absolute atomic E-state index is 13.0. The Bertz CT molecular complexity index is 298. The summed E-state index contributed by atoms with van der Waals surface area (Å²) in [7, 11) is 0. The van der Waals surface area contributed by atoms with Crippen molar-refractivity contribution in [2.45, 2.75) is 6.92 Å². The minimum atomic E-state index is -0.287. The lowest BCUT2D eigenvalue weighted by molar-refractivity contribution is 0.352. The Morgan fingerprint density at radius 2 is 2.36 bits per heavy atom. The minimum Gasteiger partial charge on any atom is -0.468 e. The van der Waals surface area contributed by atoms with Gasteiger partial charge >= 0.3 is 0 Å². The number of benzene rings is 1. The number of halogens is 1. The largest absolute Gasteiger partial charge is 0.468 e. The van der Waals surface area contributed by atoms with Crippen LogP contribution in [0, 0.1) is 12.7 Å². The van der Waals surface area contributed by atoms with Gasteiger partial charge in [-0.05, 0) is 24.6 Å². The van der Waals surface area contributed by atoms with Crippen LogP contribution in [0.15, 0.2) is 12.1 Å². The van der Waals surface area contributed by atoms with Crippen LogP contribution in [-0.4, -0.2) is 6.73 Å². The first-order chi connectivity index (χ1) is 5.27. The number of hydrogen-bond donors (Lipinski definition) is 1. The molecular weight excluding hydrogens is 145 g/mol. The Morgan fingerprint density at radius 1 is 1.55 bits per heavy atom. The standard InChI is InChI=1S/C8H8FNO/c1-5-2-6(9)8-7(3-5)10-4-11-8/h2-3,10H,4H2,1H3. The van der Waals surface area contributed by atoms with E-state index in [9.17, 15) is 4.39 Å².